The third kappa shape index (κ3) is 4.65. The Labute approximate surface area is 125 Å². The third-order valence-corrected chi connectivity index (χ3v) is 2.89. The molecule has 0 spiro atoms. The molecule has 0 bridgehead atoms. The van der Waals surface area contributed by atoms with Gasteiger partial charge in [-0.25, -0.2) is 0 Å². The van der Waals surface area contributed by atoms with Crippen molar-refractivity contribution in [3.8, 4) is 5.75 Å². The van der Waals surface area contributed by atoms with E-state index < -0.39 is 12.0 Å². The Morgan fingerprint density at radius 2 is 2.22 bits per heavy atom. The highest BCUT2D eigenvalue weighted by Crippen LogP contribution is 2.35. The molecule has 3 N–H and O–H groups in total. The van der Waals surface area contributed by atoms with Crippen LogP contribution in [0, 0.1) is 0 Å². The molecule has 4 nitrogen and oxygen atoms in total. The third-order valence-electron chi connectivity index (χ3n) is 2.15. The van der Waals surface area contributed by atoms with E-state index in [4.69, 9.17) is 22.1 Å². The highest BCUT2D eigenvalue weighted by molar-refractivity contribution is 9.10. The molecular weight excluding hydrogens is 345 g/mol. The van der Waals surface area contributed by atoms with Gasteiger partial charge in [-0.15, -0.1) is 12.4 Å². The Hall–Kier alpha value is -0.490. The van der Waals surface area contributed by atoms with Crippen molar-refractivity contribution in [3.63, 3.8) is 0 Å². The van der Waals surface area contributed by atoms with E-state index in [-0.39, 0.29) is 29.6 Å². The van der Waals surface area contributed by atoms with E-state index in [1.165, 1.54) is 0 Å². The number of esters is 1. The zero-order chi connectivity index (χ0) is 13.0. The molecule has 0 saturated heterocycles. The number of benzene rings is 1. The van der Waals surface area contributed by atoms with Crippen LogP contribution in [0.5, 0.6) is 5.75 Å². The minimum absolute atomic E-state index is 0. The Bertz CT molecular complexity index is 429. The summed E-state index contributed by atoms with van der Waals surface area (Å²) < 4.78 is 5.48. The molecule has 0 heterocycles. The van der Waals surface area contributed by atoms with Crippen molar-refractivity contribution in [3.05, 3.63) is 27.2 Å². The van der Waals surface area contributed by atoms with Gasteiger partial charge in [0.25, 0.3) is 0 Å². The number of phenolic OH excluding ortho intramolecular Hbond substituents is 1. The summed E-state index contributed by atoms with van der Waals surface area (Å²) >= 11 is 9.05. The van der Waals surface area contributed by atoms with Crippen molar-refractivity contribution < 1.29 is 14.6 Å². The standard InChI is InChI=1S/C11H13BrClNO3.ClH/c1-2-17-10(15)5-9(14)7-3-6(12)4-8(13)11(7)16;/h3-4,9,16H,2,5,14H2,1H3;1H. The fourth-order valence-corrected chi connectivity index (χ4v) is 2.21. The predicted molar refractivity (Wildman–Crippen MR) is 76.2 cm³/mol. The van der Waals surface area contributed by atoms with Crippen LogP contribution >= 0.6 is 39.9 Å². The fraction of sp³-hybridized carbons (Fsp3) is 0.364. The molecule has 7 heteroatoms. The van der Waals surface area contributed by atoms with Crippen LogP contribution in [0.2, 0.25) is 5.02 Å². The second-order valence-electron chi connectivity index (χ2n) is 3.44. The summed E-state index contributed by atoms with van der Waals surface area (Å²) in [5.41, 5.74) is 6.24. The van der Waals surface area contributed by atoms with E-state index >= 15 is 0 Å². The number of halogens is 3. The van der Waals surface area contributed by atoms with Gasteiger partial charge in [-0.05, 0) is 19.1 Å². The lowest BCUT2D eigenvalue weighted by Crippen LogP contribution is -2.17. The Morgan fingerprint density at radius 3 is 2.78 bits per heavy atom. The first kappa shape index (κ1) is 17.5. The quantitative estimate of drug-likeness (QED) is 0.810. The minimum atomic E-state index is -0.649. The number of phenols is 1. The van der Waals surface area contributed by atoms with Crippen molar-refractivity contribution in [1.29, 1.82) is 0 Å². The molecule has 0 aliphatic carbocycles. The largest absolute Gasteiger partial charge is 0.506 e. The van der Waals surface area contributed by atoms with Gasteiger partial charge in [0.05, 0.1) is 18.1 Å². The molecule has 0 aliphatic heterocycles. The van der Waals surface area contributed by atoms with E-state index in [1.54, 1.807) is 19.1 Å². The van der Waals surface area contributed by atoms with Gasteiger partial charge in [0.15, 0.2) is 0 Å². The summed E-state index contributed by atoms with van der Waals surface area (Å²) in [7, 11) is 0. The lowest BCUT2D eigenvalue weighted by Gasteiger charge is -2.14. The number of hydrogen-bond donors (Lipinski definition) is 2. The number of nitrogens with two attached hydrogens (primary N) is 1. The SMILES string of the molecule is CCOC(=O)CC(N)c1cc(Br)cc(Cl)c1O.Cl. The minimum Gasteiger partial charge on any atom is -0.506 e. The average Bonchev–Trinajstić information content (AvgIpc) is 2.23. The fourth-order valence-electron chi connectivity index (χ4n) is 1.38. The smallest absolute Gasteiger partial charge is 0.307 e. The van der Waals surface area contributed by atoms with Gasteiger partial charge in [-0.2, -0.15) is 0 Å². The molecule has 1 unspecified atom stereocenters. The molecule has 0 amide bonds. The highest BCUT2D eigenvalue weighted by atomic mass is 79.9. The molecule has 1 atom stereocenters. The summed E-state index contributed by atoms with van der Waals surface area (Å²) in [4.78, 5) is 11.3. The zero-order valence-electron chi connectivity index (χ0n) is 9.65. The summed E-state index contributed by atoms with van der Waals surface area (Å²) in [5, 5.41) is 9.94. The van der Waals surface area contributed by atoms with Crippen LogP contribution in [-0.2, 0) is 9.53 Å². The molecule has 0 aromatic heterocycles. The van der Waals surface area contributed by atoms with E-state index in [1.807, 2.05) is 0 Å². The molecule has 0 radical (unpaired) electrons. The average molecular weight is 359 g/mol. The van der Waals surface area contributed by atoms with E-state index in [0.29, 0.717) is 16.6 Å². The van der Waals surface area contributed by atoms with Gasteiger partial charge in [0, 0.05) is 16.1 Å². The Morgan fingerprint density at radius 1 is 1.61 bits per heavy atom. The lowest BCUT2D eigenvalue weighted by atomic mass is 10.0. The number of rotatable bonds is 4. The number of ether oxygens (including phenoxy) is 1. The van der Waals surface area contributed by atoms with Gasteiger partial charge in [0.1, 0.15) is 5.75 Å². The normalized spacial score (nSPS) is 11.6. The molecule has 102 valence electrons. The second-order valence-corrected chi connectivity index (χ2v) is 4.76. The number of carbonyl (C=O) groups is 1. The first-order valence-electron chi connectivity index (χ1n) is 5.04. The summed E-state index contributed by atoms with van der Waals surface area (Å²) in [6, 6.07) is 2.53. The number of hydrogen-bond acceptors (Lipinski definition) is 4. The molecular formula is C11H14BrCl2NO3. The molecule has 0 saturated carbocycles. The maximum Gasteiger partial charge on any atom is 0.307 e. The van der Waals surface area contributed by atoms with Gasteiger partial charge in [-0.1, -0.05) is 27.5 Å². The summed E-state index contributed by atoms with van der Waals surface area (Å²) in [5.74, 6) is -0.512. The summed E-state index contributed by atoms with van der Waals surface area (Å²) in [6.07, 6.45) is -0.00577. The lowest BCUT2D eigenvalue weighted by molar-refractivity contribution is -0.143. The molecule has 1 aromatic carbocycles. The van der Waals surface area contributed by atoms with Crippen LogP contribution < -0.4 is 5.73 Å². The van der Waals surface area contributed by atoms with Crippen molar-refractivity contribution in [2.75, 3.05) is 6.61 Å². The Kier molecular flexibility index (Phi) is 7.62. The topological polar surface area (TPSA) is 72.5 Å². The first-order chi connectivity index (χ1) is 7.95. The van der Waals surface area contributed by atoms with Crippen LogP contribution in [0.3, 0.4) is 0 Å². The first-order valence-corrected chi connectivity index (χ1v) is 6.22. The van der Waals surface area contributed by atoms with Crippen molar-refractivity contribution in [1.82, 2.24) is 0 Å². The van der Waals surface area contributed by atoms with Crippen LogP contribution in [0.1, 0.15) is 24.9 Å². The molecule has 18 heavy (non-hydrogen) atoms. The van der Waals surface area contributed by atoms with Gasteiger partial charge >= 0.3 is 5.97 Å². The van der Waals surface area contributed by atoms with Crippen molar-refractivity contribution >= 4 is 45.9 Å². The van der Waals surface area contributed by atoms with Gasteiger partial charge in [0.2, 0.25) is 0 Å². The second kappa shape index (κ2) is 7.84. The maximum absolute atomic E-state index is 11.3. The van der Waals surface area contributed by atoms with Crippen molar-refractivity contribution in [2.45, 2.75) is 19.4 Å². The van der Waals surface area contributed by atoms with E-state index in [2.05, 4.69) is 15.9 Å². The van der Waals surface area contributed by atoms with Gasteiger partial charge < -0.3 is 15.6 Å². The van der Waals surface area contributed by atoms with E-state index in [0.717, 1.165) is 0 Å². The highest BCUT2D eigenvalue weighted by Gasteiger charge is 2.18. The van der Waals surface area contributed by atoms with Crippen LogP contribution in [-0.4, -0.2) is 17.7 Å². The molecule has 1 rings (SSSR count). The maximum atomic E-state index is 11.3. The van der Waals surface area contributed by atoms with Gasteiger partial charge in [-0.3, -0.25) is 4.79 Å². The van der Waals surface area contributed by atoms with Crippen LogP contribution in [0.4, 0.5) is 0 Å². The number of aromatic hydroxyl groups is 1. The predicted octanol–water partition coefficient (Wildman–Crippen LogP) is 3.18. The summed E-state index contributed by atoms with van der Waals surface area (Å²) in [6.45, 7) is 2.02. The number of carbonyl (C=O) groups excluding carboxylic acids is 1. The Balaban J connectivity index is 0.00000289. The zero-order valence-corrected chi connectivity index (χ0v) is 12.8. The molecule has 1 aromatic rings. The molecule has 0 fully saturated rings. The van der Waals surface area contributed by atoms with Crippen LogP contribution in [0.25, 0.3) is 0 Å². The van der Waals surface area contributed by atoms with Crippen molar-refractivity contribution in [2.24, 2.45) is 5.73 Å². The van der Waals surface area contributed by atoms with E-state index in [9.17, 15) is 9.90 Å². The monoisotopic (exact) mass is 357 g/mol. The van der Waals surface area contributed by atoms with Crippen LogP contribution in [0.15, 0.2) is 16.6 Å². The molecule has 0 aliphatic rings.